The summed E-state index contributed by atoms with van der Waals surface area (Å²) in [6.45, 7) is 4.34. The average Bonchev–Trinajstić information content (AvgIpc) is 3.07. The Morgan fingerprint density at radius 2 is 1.77 bits per heavy atom. The van der Waals surface area contributed by atoms with Gasteiger partial charge in [0.25, 0.3) is 5.56 Å². The first-order valence-corrected chi connectivity index (χ1v) is 9.10. The third kappa shape index (κ3) is 2.86. The van der Waals surface area contributed by atoms with Crippen LogP contribution in [-0.2, 0) is 6.54 Å². The van der Waals surface area contributed by atoms with Gasteiger partial charge in [0.1, 0.15) is 5.52 Å². The number of fused-ring (bicyclic) bond motifs is 1. The monoisotopic (exact) mass is 408 g/mol. The van der Waals surface area contributed by atoms with E-state index in [0.29, 0.717) is 12.1 Å². The molecule has 4 rings (SSSR count). The standard InChI is InChI=1S/C20H17BrN4O/c1-13-5-3-4-6-18(13)25-19-17(11-22-25)14(2)23-24(20(19)26)12-15-7-9-16(21)10-8-15/h3-11H,12H2,1-2H3. The molecule has 0 aliphatic carbocycles. The Balaban J connectivity index is 1.90. The van der Waals surface area contributed by atoms with Crippen molar-refractivity contribution in [2.75, 3.05) is 0 Å². The zero-order chi connectivity index (χ0) is 18.3. The fraction of sp³-hybridized carbons (Fsp3) is 0.150. The number of nitrogens with zero attached hydrogens (tertiary/aromatic N) is 4. The molecule has 0 unspecified atom stereocenters. The summed E-state index contributed by atoms with van der Waals surface area (Å²) < 4.78 is 4.24. The van der Waals surface area contributed by atoms with Crippen molar-refractivity contribution in [3.63, 3.8) is 0 Å². The zero-order valence-electron chi connectivity index (χ0n) is 14.5. The maximum atomic E-state index is 13.1. The van der Waals surface area contributed by atoms with E-state index in [1.54, 1.807) is 10.9 Å². The fourth-order valence-electron chi connectivity index (χ4n) is 3.08. The Morgan fingerprint density at radius 1 is 1.04 bits per heavy atom. The molecule has 5 nitrogen and oxygen atoms in total. The number of rotatable bonds is 3. The van der Waals surface area contributed by atoms with E-state index in [1.807, 2.05) is 62.4 Å². The number of hydrogen-bond acceptors (Lipinski definition) is 3. The van der Waals surface area contributed by atoms with Gasteiger partial charge in [0.2, 0.25) is 0 Å². The molecule has 0 atom stereocenters. The molecule has 0 saturated carbocycles. The predicted octanol–water partition coefficient (Wildman–Crippen LogP) is 4.01. The van der Waals surface area contributed by atoms with Gasteiger partial charge < -0.3 is 0 Å². The number of halogens is 1. The molecule has 0 aliphatic heterocycles. The van der Waals surface area contributed by atoms with Crippen LogP contribution in [0.25, 0.3) is 16.6 Å². The van der Waals surface area contributed by atoms with Gasteiger partial charge in [0, 0.05) is 9.86 Å². The van der Waals surface area contributed by atoms with Crippen LogP contribution >= 0.6 is 15.9 Å². The maximum absolute atomic E-state index is 13.1. The van der Waals surface area contributed by atoms with Crippen LogP contribution in [0.2, 0.25) is 0 Å². The lowest BCUT2D eigenvalue weighted by Crippen LogP contribution is -2.26. The van der Waals surface area contributed by atoms with E-state index >= 15 is 0 Å². The lowest BCUT2D eigenvalue weighted by Gasteiger charge is -2.10. The Morgan fingerprint density at radius 3 is 2.50 bits per heavy atom. The fourth-order valence-corrected chi connectivity index (χ4v) is 3.34. The number of hydrogen-bond donors (Lipinski definition) is 0. The molecule has 26 heavy (non-hydrogen) atoms. The highest BCUT2D eigenvalue weighted by Crippen LogP contribution is 2.20. The molecule has 130 valence electrons. The summed E-state index contributed by atoms with van der Waals surface area (Å²) in [5.74, 6) is 0. The average molecular weight is 409 g/mol. The van der Waals surface area contributed by atoms with Gasteiger partial charge in [0.15, 0.2) is 0 Å². The summed E-state index contributed by atoms with van der Waals surface area (Å²) in [5, 5.41) is 9.73. The number of para-hydroxylation sites is 1. The molecule has 0 amide bonds. The molecule has 0 spiro atoms. The van der Waals surface area contributed by atoms with Crippen molar-refractivity contribution in [3.05, 3.63) is 86.4 Å². The molecule has 0 bridgehead atoms. The first-order chi connectivity index (χ1) is 12.5. The minimum Gasteiger partial charge on any atom is -0.265 e. The van der Waals surface area contributed by atoms with E-state index in [4.69, 9.17) is 0 Å². The normalized spacial score (nSPS) is 11.2. The van der Waals surface area contributed by atoms with Crippen LogP contribution in [0.4, 0.5) is 0 Å². The summed E-state index contributed by atoms with van der Waals surface area (Å²) in [4.78, 5) is 13.1. The predicted molar refractivity (Wildman–Crippen MR) is 106 cm³/mol. The molecule has 2 aromatic carbocycles. The van der Waals surface area contributed by atoms with Gasteiger partial charge in [-0.15, -0.1) is 0 Å². The topological polar surface area (TPSA) is 52.7 Å². The number of benzene rings is 2. The highest BCUT2D eigenvalue weighted by Gasteiger charge is 2.16. The van der Waals surface area contributed by atoms with Gasteiger partial charge in [-0.3, -0.25) is 4.79 Å². The quantitative estimate of drug-likeness (QED) is 0.514. The highest BCUT2D eigenvalue weighted by atomic mass is 79.9. The van der Waals surface area contributed by atoms with E-state index < -0.39 is 0 Å². The van der Waals surface area contributed by atoms with Crippen LogP contribution in [0.15, 0.2) is 64.0 Å². The van der Waals surface area contributed by atoms with Crippen LogP contribution in [-0.4, -0.2) is 19.6 Å². The van der Waals surface area contributed by atoms with E-state index in [-0.39, 0.29) is 5.56 Å². The van der Waals surface area contributed by atoms with Gasteiger partial charge in [0.05, 0.1) is 24.1 Å². The summed E-state index contributed by atoms with van der Waals surface area (Å²) in [7, 11) is 0. The summed E-state index contributed by atoms with van der Waals surface area (Å²) >= 11 is 3.43. The van der Waals surface area contributed by atoms with Gasteiger partial charge in [-0.2, -0.15) is 10.2 Å². The highest BCUT2D eigenvalue weighted by molar-refractivity contribution is 9.10. The Labute approximate surface area is 159 Å². The Hall–Kier alpha value is -2.73. The van der Waals surface area contributed by atoms with Gasteiger partial charge >= 0.3 is 0 Å². The van der Waals surface area contributed by atoms with Gasteiger partial charge in [-0.25, -0.2) is 9.36 Å². The van der Waals surface area contributed by atoms with E-state index in [0.717, 1.165) is 32.4 Å². The second-order valence-electron chi connectivity index (χ2n) is 6.28. The van der Waals surface area contributed by atoms with Crippen molar-refractivity contribution in [1.29, 1.82) is 0 Å². The molecule has 0 radical (unpaired) electrons. The minimum absolute atomic E-state index is 0.144. The maximum Gasteiger partial charge on any atom is 0.293 e. The minimum atomic E-state index is -0.144. The second kappa shape index (κ2) is 6.53. The lowest BCUT2D eigenvalue weighted by molar-refractivity contribution is 0.634. The van der Waals surface area contributed by atoms with E-state index in [1.165, 1.54) is 4.68 Å². The van der Waals surface area contributed by atoms with Gasteiger partial charge in [-0.05, 0) is 43.2 Å². The molecule has 0 fully saturated rings. The molecule has 2 aromatic heterocycles. The largest absolute Gasteiger partial charge is 0.293 e. The first-order valence-electron chi connectivity index (χ1n) is 8.30. The van der Waals surface area contributed by atoms with Crippen molar-refractivity contribution in [2.24, 2.45) is 0 Å². The van der Waals surface area contributed by atoms with Crippen molar-refractivity contribution in [1.82, 2.24) is 19.6 Å². The van der Waals surface area contributed by atoms with Crippen LogP contribution in [0, 0.1) is 13.8 Å². The van der Waals surface area contributed by atoms with Crippen LogP contribution in [0.3, 0.4) is 0 Å². The van der Waals surface area contributed by atoms with Crippen molar-refractivity contribution in [2.45, 2.75) is 20.4 Å². The molecule has 0 N–H and O–H groups in total. The third-order valence-electron chi connectivity index (χ3n) is 4.46. The Kier molecular flexibility index (Phi) is 4.20. The number of aromatic nitrogens is 4. The first kappa shape index (κ1) is 16.7. The van der Waals surface area contributed by atoms with Crippen LogP contribution in [0.5, 0.6) is 0 Å². The van der Waals surface area contributed by atoms with Crippen molar-refractivity contribution >= 4 is 26.8 Å². The SMILES string of the molecule is Cc1ccccc1-n1ncc2c(C)nn(Cc3ccc(Br)cc3)c(=O)c21. The number of aryl methyl sites for hydroxylation is 2. The van der Waals surface area contributed by atoms with Crippen LogP contribution < -0.4 is 5.56 Å². The summed E-state index contributed by atoms with van der Waals surface area (Å²) in [5.41, 5.74) is 4.18. The molecular formula is C20H17BrN4O. The molecule has 0 saturated heterocycles. The Bertz CT molecular complexity index is 1160. The molecule has 6 heteroatoms. The van der Waals surface area contributed by atoms with E-state index in [9.17, 15) is 4.79 Å². The van der Waals surface area contributed by atoms with Crippen molar-refractivity contribution < 1.29 is 0 Å². The summed E-state index contributed by atoms with van der Waals surface area (Å²) in [6, 6.07) is 15.8. The summed E-state index contributed by atoms with van der Waals surface area (Å²) in [6.07, 6.45) is 1.72. The second-order valence-corrected chi connectivity index (χ2v) is 7.20. The molecule has 2 heterocycles. The lowest BCUT2D eigenvalue weighted by atomic mass is 10.2. The molecule has 4 aromatic rings. The van der Waals surface area contributed by atoms with Gasteiger partial charge in [-0.1, -0.05) is 46.3 Å². The van der Waals surface area contributed by atoms with Crippen molar-refractivity contribution in [3.8, 4) is 5.69 Å². The van der Waals surface area contributed by atoms with E-state index in [2.05, 4.69) is 26.1 Å². The molecule has 0 aliphatic rings. The smallest absolute Gasteiger partial charge is 0.265 e. The molecular weight excluding hydrogens is 392 g/mol. The zero-order valence-corrected chi connectivity index (χ0v) is 16.1. The van der Waals surface area contributed by atoms with Crippen LogP contribution in [0.1, 0.15) is 16.8 Å². The third-order valence-corrected chi connectivity index (χ3v) is 4.98.